The van der Waals surface area contributed by atoms with Crippen LogP contribution in [-0.2, 0) is 7.05 Å². The number of nitrogens with one attached hydrogen (secondary N) is 1. The Bertz CT molecular complexity index is 294. The third kappa shape index (κ3) is 2.29. The molecule has 0 fully saturated rings. The van der Waals surface area contributed by atoms with Crippen molar-refractivity contribution >= 4 is 5.91 Å². The van der Waals surface area contributed by atoms with Gasteiger partial charge in [-0.1, -0.05) is 0 Å². The highest BCUT2D eigenvalue weighted by atomic mass is 16.2. The molecule has 0 saturated heterocycles. The standard InChI is InChI=1S/C8H14N4O/c1-6(3-9)11-8(13)7-4-10-5-12(7)2/h4-6H,3,9H2,1-2H3,(H,11,13)/t6-/m1/s1. The molecule has 1 heterocycles. The summed E-state index contributed by atoms with van der Waals surface area (Å²) in [5.41, 5.74) is 5.92. The molecule has 1 rings (SSSR count). The molecule has 0 aliphatic carbocycles. The lowest BCUT2D eigenvalue weighted by molar-refractivity contribution is 0.0933. The average molecular weight is 182 g/mol. The van der Waals surface area contributed by atoms with Gasteiger partial charge in [0.05, 0.1) is 12.5 Å². The molecule has 3 N–H and O–H groups in total. The molecule has 0 aliphatic heterocycles. The van der Waals surface area contributed by atoms with E-state index in [1.165, 1.54) is 6.20 Å². The van der Waals surface area contributed by atoms with Crippen LogP contribution in [0.2, 0.25) is 0 Å². The molecule has 0 bridgehead atoms. The van der Waals surface area contributed by atoms with Crippen molar-refractivity contribution in [3.05, 3.63) is 18.2 Å². The first-order valence-electron chi connectivity index (χ1n) is 4.12. The molecule has 5 heteroatoms. The Morgan fingerprint density at radius 3 is 3.00 bits per heavy atom. The normalized spacial score (nSPS) is 12.5. The van der Waals surface area contributed by atoms with E-state index in [4.69, 9.17) is 5.73 Å². The molecule has 0 radical (unpaired) electrons. The summed E-state index contributed by atoms with van der Waals surface area (Å²) >= 11 is 0. The van der Waals surface area contributed by atoms with Gasteiger partial charge in [-0.15, -0.1) is 0 Å². The summed E-state index contributed by atoms with van der Waals surface area (Å²) in [7, 11) is 1.77. The van der Waals surface area contributed by atoms with E-state index in [9.17, 15) is 4.79 Å². The number of nitrogens with zero attached hydrogens (tertiary/aromatic N) is 2. The third-order valence-corrected chi connectivity index (χ3v) is 1.78. The number of rotatable bonds is 3. The number of imidazole rings is 1. The summed E-state index contributed by atoms with van der Waals surface area (Å²) in [4.78, 5) is 15.3. The van der Waals surface area contributed by atoms with Gasteiger partial charge >= 0.3 is 0 Å². The van der Waals surface area contributed by atoms with Crippen LogP contribution in [-0.4, -0.2) is 28.0 Å². The number of amides is 1. The zero-order valence-electron chi connectivity index (χ0n) is 7.82. The van der Waals surface area contributed by atoms with E-state index in [2.05, 4.69) is 10.3 Å². The SMILES string of the molecule is C[C@H](CN)NC(=O)c1cncn1C. The van der Waals surface area contributed by atoms with Gasteiger partial charge in [0.15, 0.2) is 0 Å². The Balaban J connectivity index is 2.64. The molecule has 0 unspecified atom stereocenters. The lowest BCUT2D eigenvalue weighted by atomic mass is 10.3. The highest BCUT2D eigenvalue weighted by Crippen LogP contribution is 1.96. The minimum absolute atomic E-state index is 0.0117. The van der Waals surface area contributed by atoms with Crippen LogP contribution in [0.4, 0.5) is 0 Å². The number of carbonyl (C=O) groups excluding carboxylic acids is 1. The maximum atomic E-state index is 11.5. The minimum atomic E-state index is -0.141. The summed E-state index contributed by atoms with van der Waals surface area (Å²) < 4.78 is 1.67. The van der Waals surface area contributed by atoms with E-state index >= 15 is 0 Å². The first-order chi connectivity index (χ1) is 6.15. The van der Waals surface area contributed by atoms with Crippen molar-refractivity contribution in [1.29, 1.82) is 0 Å². The van der Waals surface area contributed by atoms with Crippen LogP contribution in [0.1, 0.15) is 17.4 Å². The predicted molar refractivity (Wildman–Crippen MR) is 49.2 cm³/mol. The van der Waals surface area contributed by atoms with E-state index < -0.39 is 0 Å². The zero-order valence-corrected chi connectivity index (χ0v) is 7.82. The van der Waals surface area contributed by atoms with E-state index in [0.717, 1.165) is 0 Å². The molecular weight excluding hydrogens is 168 g/mol. The van der Waals surface area contributed by atoms with Gasteiger partial charge < -0.3 is 15.6 Å². The molecular formula is C8H14N4O. The fourth-order valence-electron chi connectivity index (χ4n) is 0.933. The molecule has 5 nitrogen and oxygen atoms in total. The van der Waals surface area contributed by atoms with Crippen LogP contribution in [0.15, 0.2) is 12.5 Å². The Labute approximate surface area is 76.9 Å². The van der Waals surface area contributed by atoms with Crippen molar-refractivity contribution < 1.29 is 4.79 Å². The Morgan fingerprint density at radius 2 is 2.54 bits per heavy atom. The minimum Gasteiger partial charge on any atom is -0.347 e. The van der Waals surface area contributed by atoms with Crippen molar-refractivity contribution in [2.45, 2.75) is 13.0 Å². The number of carbonyl (C=O) groups is 1. The Kier molecular flexibility index (Phi) is 3.02. The largest absolute Gasteiger partial charge is 0.347 e. The molecule has 1 aromatic rings. The molecule has 0 saturated carbocycles. The summed E-state index contributed by atoms with van der Waals surface area (Å²) in [6.07, 6.45) is 3.11. The second kappa shape index (κ2) is 4.04. The quantitative estimate of drug-likeness (QED) is 0.661. The molecule has 0 aliphatic rings. The molecule has 1 aromatic heterocycles. The van der Waals surface area contributed by atoms with Crippen molar-refractivity contribution in [2.75, 3.05) is 6.54 Å². The van der Waals surface area contributed by atoms with Crippen LogP contribution in [0.25, 0.3) is 0 Å². The molecule has 13 heavy (non-hydrogen) atoms. The van der Waals surface area contributed by atoms with Gasteiger partial charge in [0.1, 0.15) is 5.69 Å². The van der Waals surface area contributed by atoms with E-state index in [1.54, 1.807) is 17.9 Å². The van der Waals surface area contributed by atoms with Crippen molar-refractivity contribution in [2.24, 2.45) is 12.8 Å². The molecule has 1 atom stereocenters. The summed E-state index contributed by atoms with van der Waals surface area (Å²) in [5.74, 6) is -0.141. The number of hydrogen-bond donors (Lipinski definition) is 2. The van der Waals surface area contributed by atoms with Gasteiger partial charge in [-0.3, -0.25) is 4.79 Å². The first kappa shape index (κ1) is 9.73. The Hall–Kier alpha value is -1.36. The van der Waals surface area contributed by atoms with Crippen molar-refractivity contribution in [3.63, 3.8) is 0 Å². The van der Waals surface area contributed by atoms with Gasteiger partial charge in [0.25, 0.3) is 5.91 Å². The monoisotopic (exact) mass is 182 g/mol. The Morgan fingerprint density at radius 1 is 1.85 bits per heavy atom. The van der Waals surface area contributed by atoms with Crippen LogP contribution in [0, 0.1) is 0 Å². The molecule has 72 valence electrons. The van der Waals surface area contributed by atoms with Crippen molar-refractivity contribution in [3.8, 4) is 0 Å². The van der Waals surface area contributed by atoms with Crippen LogP contribution >= 0.6 is 0 Å². The predicted octanol–water partition coefficient (Wildman–Crippen LogP) is -0.503. The fraction of sp³-hybridized carbons (Fsp3) is 0.500. The fourth-order valence-corrected chi connectivity index (χ4v) is 0.933. The topological polar surface area (TPSA) is 72.9 Å². The van der Waals surface area contributed by atoms with Gasteiger partial charge in [-0.2, -0.15) is 0 Å². The van der Waals surface area contributed by atoms with Gasteiger partial charge in [0, 0.05) is 19.6 Å². The van der Waals surface area contributed by atoms with Crippen LogP contribution in [0.3, 0.4) is 0 Å². The lowest BCUT2D eigenvalue weighted by Gasteiger charge is -2.10. The second-order valence-corrected chi connectivity index (χ2v) is 3.00. The number of hydrogen-bond acceptors (Lipinski definition) is 3. The van der Waals surface area contributed by atoms with Gasteiger partial charge in [0.2, 0.25) is 0 Å². The number of aryl methyl sites for hydroxylation is 1. The average Bonchev–Trinajstić information content (AvgIpc) is 2.51. The summed E-state index contributed by atoms with van der Waals surface area (Å²) in [5, 5.41) is 2.75. The molecule has 0 spiro atoms. The van der Waals surface area contributed by atoms with E-state index in [-0.39, 0.29) is 11.9 Å². The third-order valence-electron chi connectivity index (χ3n) is 1.78. The first-order valence-corrected chi connectivity index (χ1v) is 4.12. The summed E-state index contributed by atoms with van der Waals surface area (Å²) in [6.45, 7) is 2.29. The van der Waals surface area contributed by atoms with Crippen molar-refractivity contribution in [1.82, 2.24) is 14.9 Å². The van der Waals surface area contributed by atoms with Gasteiger partial charge in [-0.25, -0.2) is 4.98 Å². The molecule has 0 aromatic carbocycles. The smallest absolute Gasteiger partial charge is 0.269 e. The second-order valence-electron chi connectivity index (χ2n) is 3.00. The summed E-state index contributed by atoms with van der Waals surface area (Å²) in [6, 6.07) is -0.0117. The molecule has 1 amide bonds. The number of nitrogens with two attached hydrogens (primary N) is 1. The lowest BCUT2D eigenvalue weighted by Crippen LogP contribution is -2.38. The zero-order chi connectivity index (χ0) is 9.84. The van der Waals surface area contributed by atoms with Crippen LogP contribution < -0.4 is 11.1 Å². The maximum Gasteiger partial charge on any atom is 0.269 e. The highest BCUT2D eigenvalue weighted by Gasteiger charge is 2.11. The number of aromatic nitrogens is 2. The van der Waals surface area contributed by atoms with E-state index in [1.807, 2.05) is 6.92 Å². The van der Waals surface area contributed by atoms with Crippen LogP contribution in [0.5, 0.6) is 0 Å². The van der Waals surface area contributed by atoms with Gasteiger partial charge in [-0.05, 0) is 6.92 Å². The maximum absolute atomic E-state index is 11.5. The van der Waals surface area contributed by atoms with E-state index in [0.29, 0.717) is 12.2 Å². The highest BCUT2D eigenvalue weighted by molar-refractivity contribution is 5.92.